The topological polar surface area (TPSA) is 70.4 Å². The quantitative estimate of drug-likeness (QED) is 0.492. The highest BCUT2D eigenvalue weighted by Crippen LogP contribution is 2.22. The lowest BCUT2D eigenvalue weighted by Gasteiger charge is -2.11. The Balaban J connectivity index is 1.72. The first kappa shape index (κ1) is 18.4. The van der Waals surface area contributed by atoms with Crippen LogP contribution in [0.25, 0.3) is 5.69 Å². The number of rotatable bonds is 6. The number of methoxy groups -OCH3 is 1. The van der Waals surface area contributed by atoms with Crippen LogP contribution < -0.4 is 4.74 Å². The minimum atomic E-state index is -0.450. The molecule has 0 saturated heterocycles. The molecule has 1 heterocycles. The van der Waals surface area contributed by atoms with E-state index in [1.807, 2.05) is 25.1 Å². The molecule has 138 valence electrons. The summed E-state index contributed by atoms with van der Waals surface area (Å²) in [4.78, 5) is 23.9. The predicted octanol–water partition coefficient (Wildman–Crippen LogP) is 3.75. The molecule has 0 aliphatic rings. The van der Waals surface area contributed by atoms with Crippen molar-refractivity contribution in [3.63, 3.8) is 0 Å². The van der Waals surface area contributed by atoms with Gasteiger partial charge in [0.2, 0.25) is 0 Å². The van der Waals surface area contributed by atoms with Crippen LogP contribution in [0.15, 0.2) is 54.7 Å². The Morgan fingerprint density at radius 3 is 2.33 bits per heavy atom. The molecule has 3 rings (SSSR count). The second kappa shape index (κ2) is 7.86. The summed E-state index contributed by atoms with van der Waals surface area (Å²) in [5.74, 6) is 0.0565. The molecule has 0 aliphatic heterocycles. The SMILES string of the molecule is COc1ccc(C(C)=O)cc1COC(=O)c1ccc(-n2nccc2C)cc1. The summed E-state index contributed by atoms with van der Waals surface area (Å²) in [6.45, 7) is 3.46. The second-order valence-corrected chi connectivity index (χ2v) is 6.09. The van der Waals surface area contributed by atoms with Crippen molar-refractivity contribution in [1.82, 2.24) is 9.78 Å². The molecule has 6 heteroatoms. The molecule has 0 spiro atoms. The third kappa shape index (κ3) is 4.06. The maximum Gasteiger partial charge on any atom is 0.338 e. The van der Waals surface area contributed by atoms with E-state index in [4.69, 9.17) is 9.47 Å². The number of nitrogens with zero attached hydrogens (tertiary/aromatic N) is 2. The molecule has 0 fully saturated rings. The third-order valence-corrected chi connectivity index (χ3v) is 4.23. The Labute approximate surface area is 157 Å². The average Bonchev–Trinajstić information content (AvgIpc) is 3.11. The number of ether oxygens (including phenoxy) is 2. The molecule has 6 nitrogen and oxygen atoms in total. The number of aromatic nitrogens is 2. The lowest BCUT2D eigenvalue weighted by atomic mass is 10.1. The summed E-state index contributed by atoms with van der Waals surface area (Å²) in [5, 5.41) is 4.24. The highest BCUT2D eigenvalue weighted by molar-refractivity contribution is 5.94. The Morgan fingerprint density at radius 1 is 1.04 bits per heavy atom. The Morgan fingerprint density at radius 2 is 1.74 bits per heavy atom. The maximum absolute atomic E-state index is 12.3. The van der Waals surface area contributed by atoms with E-state index in [9.17, 15) is 9.59 Å². The van der Waals surface area contributed by atoms with Gasteiger partial charge in [-0.3, -0.25) is 4.79 Å². The van der Waals surface area contributed by atoms with Crippen molar-refractivity contribution in [2.75, 3.05) is 7.11 Å². The molecular weight excluding hydrogens is 344 g/mol. The van der Waals surface area contributed by atoms with E-state index in [1.54, 1.807) is 41.2 Å². The summed E-state index contributed by atoms with van der Waals surface area (Å²) in [5.41, 5.74) is 3.49. The zero-order chi connectivity index (χ0) is 19.4. The van der Waals surface area contributed by atoms with Gasteiger partial charge < -0.3 is 9.47 Å². The molecular formula is C21H20N2O4. The van der Waals surface area contributed by atoms with Gasteiger partial charge in [-0.1, -0.05) is 0 Å². The van der Waals surface area contributed by atoms with Gasteiger partial charge in [0.15, 0.2) is 5.78 Å². The van der Waals surface area contributed by atoms with Gasteiger partial charge in [-0.25, -0.2) is 9.48 Å². The summed E-state index contributed by atoms with van der Waals surface area (Å²) >= 11 is 0. The van der Waals surface area contributed by atoms with Crippen LogP contribution in [0.1, 0.15) is 38.9 Å². The molecule has 0 amide bonds. The first-order valence-corrected chi connectivity index (χ1v) is 8.45. The average molecular weight is 364 g/mol. The number of hydrogen-bond donors (Lipinski definition) is 0. The fourth-order valence-electron chi connectivity index (χ4n) is 2.72. The molecule has 0 N–H and O–H groups in total. The van der Waals surface area contributed by atoms with Crippen molar-refractivity contribution < 1.29 is 19.1 Å². The number of Topliss-reactive ketones (excluding diaryl/α,β-unsaturated/α-hetero) is 1. The van der Waals surface area contributed by atoms with Gasteiger partial charge in [-0.2, -0.15) is 5.10 Å². The van der Waals surface area contributed by atoms with Crippen LogP contribution in [0.2, 0.25) is 0 Å². The number of carbonyl (C=O) groups excluding carboxylic acids is 2. The van der Waals surface area contributed by atoms with Gasteiger partial charge in [-0.15, -0.1) is 0 Å². The van der Waals surface area contributed by atoms with Crippen LogP contribution in [0.4, 0.5) is 0 Å². The van der Waals surface area contributed by atoms with E-state index in [2.05, 4.69) is 5.10 Å². The third-order valence-electron chi connectivity index (χ3n) is 4.23. The fourth-order valence-corrected chi connectivity index (χ4v) is 2.72. The molecule has 0 bridgehead atoms. The molecule has 3 aromatic rings. The first-order chi connectivity index (χ1) is 13.0. The van der Waals surface area contributed by atoms with E-state index >= 15 is 0 Å². The standard InChI is InChI=1S/C21H20N2O4/c1-14-10-11-22-23(14)19-7-4-16(5-8-19)21(25)27-13-18-12-17(15(2)24)6-9-20(18)26-3/h4-12H,13H2,1-3H3. The summed E-state index contributed by atoms with van der Waals surface area (Å²) in [7, 11) is 1.53. The maximum atomic E-state index is 12.3. The van der Waals surface area contributed by atoms with E-state index in [0.29, 0.717) is 22.4 Å². The minimum absolute atomic E-state index is 0.0170. The lowest BCUT2D eigenvalue weighted by molar-refractivity contribution is 0.0470. The smallest absolute Gasteiger partial charge is 0.338 e. The molecule has 0 radical (unpaired) electrons. The monoisotopic (exact) mass is 364 g/mol. The van der Waals surface area contributed by atoms with E-state index < -0.39 is 5.97 Å². The largest absolute Gasteiger partial charge is 0.496 e. The highest BCUT2D eigenvalue weighted by atomic mass is 16.5. The number of carbonyl (C=O) groups is 2. The van der Waals surface area contributed by atoms with Crippen LogP contribution in [0.3, 0.4) is 0 Å². The normalized spacial score (nSPS) is 10.5. The molecule has 0 saturated carbocycles. The Kier molecular flexibility index (Phi) is 5.35. The molecule has 0 unspecified atom stereocenters. The lowest BCUT2D eigenvalue weighted by Crippen LogP contribution is -2.07. The second-order valence-electron chi connectivity index (χ2n) is 6.09. The number of benzene rings is 2. The van der Waals surface area contributed by atoms with Crippen LogP contribution in [-0.4, -0.2) is 28.6 Å². The Hall–Kier alpha value is -3.41. The number of ketones is 1. The van der Waals surface area contributed by atoms with Gasteiger partial charge in [-0.05, 0) is 62.4 Å². The highest BCUT2D eigenvalue weighted by Gasteiger charge is 2.12. The van der Waals surface area contributed by atoms with E-state index in [-0.39, 0.29) is 12.4 Å². The Bertz CT molecular complexity index is 974. The fraction of sp³-hybridized carbons (Fsp3) is 0.190. The van der Waals surface area contributed by atoms with Crippen LogP contribution in [-0.2, 0) is 11.3 Å². The van der Waals surface area contributed by atoms with E-state index in [0.717, 1.165) is 11.4 Å². The number of hydrogen-bond acceptors (Lipinski definition) is 5. The molecule has 27 heavy (non-hydrogen) atoms. The van der Waals surface area contributed by atoms with Crippen molar-refractivity contribution in [2.24, 2.45) is 0 Å². The van der Waals surface area contributed by atoms with Crippen molar-refractivity contribution in [3.05, 3.63) is 77.1 Å². The first-order valence-electron chi connectivity index (χ1n) is 8.45. The van der Waals surface area contributed by atoms with Crippen LogP contribution in [0.5, 0.6) is 5.75 Å². The summed E-state index contributed by atoms with van der Waals surface area (Å²) < 4.78 is 12.5. The number of aryl methyl sites for hydroxylation is 1. The summed E-state index contributed by atoms with van der Waals surface area (Å²) in [6, 6.07) is 14.0. The van der Waals surface area contributed by atoms with Gasteiger partial charge in [0.05, 0.1) is 18.4 Å². The van der Waals surface area contributed by atoms with Gasteiger partial charge in [0, 0.05) is 23.0 Å². The molecule has 0 aliphatic carbocycles. The minimum Gasteiger partial charge on any atom is -0.496 e. The molecule has 1 aromatic heterocycles. The zero-order valence-corrected chi connectivity index (χ0v) is 15.4. The van der Waals surface area contributed by atoms with Gasteiger partial charge >= 0.3 is 5.97 Å². The van der Waals surface area contributed by atoms with Gasteiger partial charge in [0.1, 0.15) is 12.4 Å². The van der Waals surface area contributed by atoms with Crippen molar-refractivity contribution in [1.29, 1.82) is 0 Å². The predicted molar refractivity (Wildman–Crippen MR) is 100 cm³/mol. The molecule has 0 atom stereocenters. The summed E-state index contributed by atoms with van der Waals surface area (Å²) in [6.07, 6.45) is 1.72. The number of esters is 1. The van der Waals surface area contributed by atoms with Crippen molar-refractivity contribution in [2.45, 2.75) is 20.5 Å². The van der Waals surface area contributed by atoms with Crippen LogP contribution in [0, 0.1) is 6.92 Å². The van der Waals surface area contributed by atoms with E-state index in [1.165, 1.54) is 14.0 Å². The van der Waals surface area contributed by atoms with Crippen molar-refractivity contribution >= 4 is 11.8 Å². The van der Waals surface area contributed by atoms with Gasteiger partial charge in [0.25, 0.3) is 0 Å². The van der Waals surface area contributed by atoms with Crippen molar-refractivity contribution in [3.8, 4) is 11.4 Å². The molecule has 2 aromatic carbocycles. The zero-order valence-electron chi connectivity index (χ0n) is 15.4. The van der Waals surface area contributed by atoms with Crippen LogP contribution >= 0.6 is 0 Å².